The van der Waals surface area contributed by atoms with Crippen molar-refractivity contribution in [2.24, 2.45) is 5.92 Å². The Morgan fingerprint density at radius 3 is 2.31 bits per heavy atom. The Kier molecular flexibility index (Phi) is 9.27. The number of para-hydroxylation sites is 1. The molecule has 1 unspecified atom stereocenters. The maximum atomic E-state index is 12.8. The number of Topliss-reactive ketones (excluding diaryl/α,β-unsaturated/α-hetero) is 1. The van der Waals surface area contributed by atoms with Gasteiger partial charge >= 0.3 is 11.9 Å². The van der Waals surface area contributed by atoms with Gasteiger partial charge in [0.05, 0.1) is 13.0 Å². The predicted molar refractivity (Wildman–Crippen MR) is 118 cm³/mol. The molecule has 0 amide bonds. The molecule has 1 atom stereocenters. The second-order valence-corrected chi connectivity index (χ2v) is 7.35. The molecule has 6 nitrogen and oxygen atoms in total. The zero-order valence-corrected chi connectivity index (χ0v) is 18.5. The fourth-order valence-electron chi connectivity index (χ4n) is 2.71. The lowest BCUT2D eigenvalue weighted by atomic mass is 10.0. The van der Waals surface area contributed by atoms with Gasteiger partial charge in [-0.1, -0.05) is 62.4 Å². The van der Waals surface area contributed by atoms with E-state index in [4.69, 9.17) is 9.47 Å². The van der Waals surface area contributed by atoms with Gasteiger partial charge in [0.2, 0.25) is 0 Å². The van der Waals surface area contributed by atoms with Crippen molar-refractivity contribution in [3.8, 4) is 5.75 Å². The van der Waals surface area contributed by atoms with E-state index in [0.717, 1.165) is 0 Å². The van der Waals surface area contributed by atoms with Crippen LogP contribution >= 0.6 is 22.6 Å². The Labute approximate surface area is 184 Å². The molecule has 1 N–H and O–H groups in total. The van der Waals surface area contributed by atoms with Gasteiger partial charge < -0.3 is 9.47 Å². The van der Waals surface area contributed by atoms with Gasteiger partial charge in [-0.3, -0.25) is 14.9 Å². The smallest absolute Gasteiger partial charge is 0.328 e. The van der Waals surface area contributed by atoms with E-state index in [1.807, 2.05) is 42.5 Å². The average Bonchev–Trinajstić information content (AvgIpc) is 2.70. The van der Waals surface area contributed by atoms with Gasteiger partial charge in [0.15, 0.2) is 5.78 Å². The summed E-state index contributed by atoms with van der Waals surface area (Å²) in [7, 11) is 0. The van der Waals surface area contributed by atoms with Crippen LogP contribution in [-0.2, 0) is 20.7 Å². The average molecular weight is 509 g/mol. The van der Waals surface area contributed by atoms with E-state index in [-0.39, 0.29) is 29.3 Å². The quantitative estimate of drug-likeness (QED) is 0.174. The molecule has 2 aromatic rings. The summed E-state index contributed by atoms with van der Waals surface area (Å²) >= 11 is 1.94. The third kappa shape index (κ3) is 7.25. The molecular formula is C22H24INO5. The molecule has 0 bridgehead atoms. The highest BCUT2D eigenvalue weighted by Gasteiger charge is 2.25. The lowest BCUT2D eigenvalue weighted by Gasteiger charge is -2.21. The van der Waals surface area contributed by atoms with Crippen molar-refractivity contribution in [1.82, 2.24) is 5.32 Å². The van der Waals surface area contributed by atoms with Crippen molar-refractivity contribution in [3.63, 3.8) is 0 Å². The maximum Gasteiger partial charge on any atom is 0.328 e. The minimum Gasteiger partial charge on any atom is -0.455 e. The first-order chi connectivity index (χ1) is 13.9. The number of ketones is 1. The highest BCUT2D eigenvalue weighted by Crippen LogP contribution is 2.20. The van der Waals surface area contributed by atoms with Crippen LogP contribution in [-0.4, -0.2) is 34.9 Å². The van der Waals surface area contributed by atoms with Crippen LogP contribution in [0.15, 0.2) is 54.6 Å². The van der Waals surface area contributed by atoms with Gasteiger partial charge in [0.1, 0.15) is 16.4 Å². The van der Waals surface area contributed by atoms with E-state index in [2.05, 4.69) is 5.32 Å². The van der Waals surface area contributed by atoms with Crippen molar-refractivity contribution in [3.05, 3.63) is 65.7 Å². The van der Waals surface area contributed by atoms with E-state index < -0.39 is 18.0 Å². The molecule has 0 spiro atoms. The van der Waals surface area contributed by atoms with Crippen molar-refractivity contribution in [1.29, 1.82) is 0 Å². The summed E-state index contributed by atoms with van der Waals surface area (Å²) in [4.78, 5) is 36.9. The molecule has 0 aromatic heterocycles. The Morgan fingerprint density at radius 1 is 1.00 bits per heavy atom. The zero-order chi connectivity index (χ0) is 21.2. The van der Waals surface area contributed by atoms with E-state index >= 15 is 0 Å². The summed E-state index contributed by atoms with van der Waals surface area (Å²) in [6, 6.07) is 15.1. The number of ether oxygens (including phenoxy) is 2. The first kappa shape index (κ1) is 23.0. The van der Waals surface area contributed by atoms with Gasteiger partial charge in [-0.25, -0.2) is 4.79 Å². The van der Waals surface area contributed by atoms with Gasteiger partial charge in [-0.2, -0.15) is 0 Å². The third-order valence-corrected chi connectivity index (χ3v) is 4.54. The molecule has 0 radical (unpaired) electrons. The fourth-order valence-corrected chi connectivity index (χ4v) is 3.06. The first-order valence-corrected chi connectivity index (χ1v) is 10.8. The number of carbonyl (C=O) groups excluding carboxylic acids is 3. The Bertz CT molecular complexity index is 838. The van der Waals surface area contributed by atoms with Crippen molar-refractivity contribution < 1.29 is 23.9 Å². The normalized spacial score (nSPS) is 11.7. The lowest BCUT2D eigenvalue weighted by Crippen LogP contribution is -2.45. The molecule has 7 heteroatoms. The number of halogens is 1. The van der Waals surface area contributed by atoms with Crippen LogP contribution in [0.4, 0.5) is 0 Å². The molecule has 154 valence electrons. The van der Waals surface area contributed by atoms with Gasteiger partial charge in [-0.05, 0) is 34.6 Å². The molecule has 0 aliphatic carbocycles. The summed E-state index contributed by atoms with van der Waals surface area (Å²) in [5, 5.41) is 3.00. The molecule has 29 heavy (non-hydrogen) atoms. The third-order valence-electron chi connectivity index (χ3n) is 4.23. The number of alkyl halides is 1. The molecular weight excluding hydrogens is 485 g/mol. The van der Waals surface area contributed by atoms with Crippen LogP contribution in [0.1, 0.15) is 29.8 Å². The van der Waals surface area contributed by atoms with Crippen LogP contribution in [0.3, 0.4) is 0 Å². The second-order valence-electron chi connectivity index (χ2n) is 6.72. The highest BCUT2D eigenvalue weighted by atomic mass is 127. The van der Waals surface area contributed by atoms with Gasteiger partial charge in [-0.15, -0.1) is 0 Å². The number of esters is 2. The van der Waals surface area contributed by atoms with Gasteiger partial charge in [0.25, 0.3) is 0 Å². The molecule has 2 aromatic carbocycles. The van der Waals surface area contributed by atoms with Crippen molar-refractivity contribution in [2.75, 3.05) is 11.2 Å². The minimum atomic E-state index is -0.669. The van der Waals surface area contributed by atoms with E-state index in [1.54, 1.807) is 48.5 Å². The SMILES string of the molecule is CC(C)C(NCC(=O)c1ccccc1)C(=O)Oc1ccccc1CC(=O)OCI. The zero-order valence-electron chi connectivity index (χ0n) is 16.4. The van der Waals surface area contributed by atoms with Crippen LogP contribution in [0.2, 0.25) is 0 Å². The Balaban J connectivity index is 2.04. The van der Waals surface area contributed by atoms with Crippen LogP contribution in [0, 0.1) is 5.92 Å². The van der Waals surface area contributed by atoms with E-state index in [1.165, 1.54) is 0 Å². The summed E-state index contributed by atoms with van der Waals surface area (Å²) < 4.78 is 10.8. The predicted octanol–water partition coefficient (Wildman–Crippen LogP) is 3.57. The topological polar surface area (TPSA) is 81.7 Å². The number of hydrogen-bond donors (Lipinski definition) is 1. The van der Waals surface area contributed by atoms with Gasteiger partial charge in [0, 0.05) is 11.1 Å². The second kappa shape index (κ2) is 11.7. The fraction of sp³-hybridized carbons (Fsp3) is 0.318. The lowest BCUT2D eigenvalue weighted by molar-refractivity contribution is -0.141. The standard InChI is InChI=1S/C22H24INO5/c1-15(2)21(24-13-18(25)16-8-4-3-5-9-16)22(27)29-19-11-7-6-10-17(19)12-20(26)28-14-23/h3-11,15,21,24H,12-14H2,1-2H3. The molecule has 2 rings (SSSR count). The summed E-state index contributed by atoms with van der Waals surface area (Å²) in [6.07, 6.45) is 0.0126. The number of hydrogen-bond acceptors (Lipinski definition) is 6. The minimum absolute atomic E-state index is 0.0126. The largest absolute Gasteiger partial charge is 0.455 e. The van der Waals surface area contributed by atoms with E-state index in [0.29, 0.717) is 16.9 Å². The molecule has 0 heterocycles. The Hall–Kier alpha value is -2.26. The van der Waals surface area contributed by atoms with Crippen LogP contribution < -0.4 is 10.1 Å². The first-order valence-electron chi connectivity index (χ1n) is 9.25. The molecule has 0 saturated heterocycles. The monoisotopic (exact) mass is 509 g/mol. The molecule has 0 fully saturated rings. The van der Waals surface area contributed by atoms with E-state index in [9.17, 15) is 14.4 Å². The molecule has 0 aliphatic heterocycles. The number of nitrogens with one attached hydrogen (secondary N) is 1. The number of carbonyl (C=O) groups is 3. The molecule has 0 saturated carbocycles. The summed E-state index contributed by atoms with van der Waals surface area (Å²) in [6.45, 7) is 3.76. The Morgan fingerprint density at radius 2 is 1.66 bits per heavy atom. The maximum absolute atomic E-state index is 12.8. The molecule has 0 aliphatic rings. The van der Waals surface area contributed by atoms with Crippen LogP contribution in [0.25, 0.3) is 0 Å². The highest BCUT2D eigenvalue weighted by molar-refractivity contribution is 14.1. The van der Waals surface area contributed by atoms with Crippen LogP contribution in [0.5, 0.6) is 5.75 Å². The summed E-state index contributed by atoms with van der Waals surface area (Å²) in [5.41, 5.74) is 1.15. The number of benzene rings is 2. The number of rotatable bonds is 10. The summed E-state index contributed by atoms with van der Waals surface area (Å²) in [5.74, 6) is -0.788. The van der Waals surface area contributed by atoms with Crippen molar-refractivity contribution in [2.45, 2.75) is 26.3 Å². The van der Waals surface area contributed by atoms with Crippen molar-refractivity contribution >= 4 is 40.3 Å².